The van der Waals surface area contributed by atoms with Gasteiger partial charge in [-0.05, 0) is 24.5 Å². The average molecular weight is 428 g/mol. The fraction of sp³-hybridized carbons (Fsp3) is 0.429. The summed E-state index contributed by atoms with van der Waals surface area (Å²) in [5.41, 5.74) is 8.16. The maximum Gasteiger partial charge on any atom is 0.327 e. The van der Waals surface area contributed by atoms with Gasteiger partial charge < -0.3 is 25.9 Å². The van der Waals surface area contributed by atoms with Crippen LogP contribution >= 0.6 is 0 Å². The number of aliphatic carboxylic acids is 1. The van der Waals surface area contributed by atoms with Gasteiger partial charge in [-0.15, -0.1) is 0 Å². The molecule has 0 aliphatic heterocycles. The van der Waals surface area contributed by atoms with Crippen molar-refractivity contribution in [3.8, 4) is 6.01 Å². The zero-order valence-corrected chi connectivity index (χ0v) is 17.7. The van der Waals surface area contributed by atoms with E-state index in [2.05, 4.69) is 27.2 Å². The smallest absolute Gasteiger partial charge is 0.327 e. The monoisotopic (exact) mass is 428 g/mol. The predicted molar refractivity (Wildman–Crippen MR) is 117 cm³/mol. The lowest BCUT2D eigenvalue weighted by Gasteiger charge is -2.10. The highest BCUT2D eigenvalue weighted by Gasteiger charge is 2.15. The zero-order valence-electron chi connectivity index (χ0n) is 17.7. The SMILES string of the molecule is CCCCOc1nc(N)c2[nH]c(=O)n(CCNCc3cccc(C(C)C(=O)O)c3)c2n1. The number of anilines is 1. The van der Waals surface area contributed by atoms with Gasteiger partial charge in [-0.3, -0.25) is 9.36 Å². The standard InChI is InChI=1S/C21H28N6O4/c1-3-4-10-31-20-25-17(22)16-18(26-20)27(21(30)24-16)9-8-23-12-14-6-5-7-15(11-14)13(2)19(28)29/h5-7,11,13,23H,3-4,8-10,12H2,1-2H3,(H,24,30)(H,28,29)(H2,22,25,26). The molecule has 0 radical (unpaired) electrons. The highest BCUT2D eigenvalue weighted by Crippen LogP contribution is 2.18. The molecule has 10 nitrogen and oxygen atoms in total. The lowest BCUT2D eigenvalue weighted by molar-refractivity contribution is -0.138. The number of carboxylic acid groups (broad SMARTS) is 1. The third-order valence-electron chi connectivity index (χ3n) is 5.02. The van der Waals surface area contributed by atoms with Gasteiger partial charge in [-0.1, -0.05) is 37.6 Å². The molecule has 5 N–H and O–H groups in total. The molecular formula is C21H28N6O4. The normalized spacial score (nSPS) is 12.2. The molecule has 2 heterocycles. The molecule has 166 valence electrons. The molecule has 1 unspecified atom stereocenters. The fourth-order valence-corrected chi connectivity index (χ4v) is 3.15. The van der Waals surface area contributed by atoms with Crippen LogP contribution in [0.4, 0.5) is 5.82 Å². The van der Waals surface area contributed by atoms with Crippen molar-refractivity contribution in [1.82, 2.24) is 24.8 Å². The van der Waals surface area contributed by atoms with Crippen LogP contribution in [0.15, 0.2) is 29.1 Å². The molecule has 0 saturated carbocycles. The Balaban J connectivity index is 1.66. The molecule has 1 aromatic carbocycles. The topological polar surface area (TPSA) is 148 Å². The van der Waals surface area contributed by atoms with Crippen LogP contribution in [0.25, 0.3) is 11.2 Å². The number of H-pyrrole nitrogens is 1. The van der Waals surface area contributed by atoms with Crippen molar-refractivity contribution in [1.29, 1.82) is 0 Å². The molecule has 0 amide bonds. The average Bonchev–Trinajstić information content (AvgIpc) is 3.07. The number of hydrogen-bond acceptors (Lipinski definition) is 7. The maximum atomic E-state index is 12.4. The summed E-state index contributed by atoms with van der Waals surface area (Å²) < 4.78 is 7.04. The van der Waals surface area contributed by atoms with Crippen molar-refractivity contribution in [3.63, 3.8) is 0 Å². The second kappa shape index (κ2) is 10.1. The number of nitrogens with zero attached hydrogens (tertiary/aromatic N) is 3. The third-order valence-corrected chi connectivity index (χ3v) is 5.02. The molecule has 0 aliphatic carbocycles. The number of fused-ring (bicyclic) bond motifs is 1. The van der Waals surface area contributed by atoms with Gasteiger partial charge in [0.25, 0.3) is 0 Å². The van der Waals surface area contributed by atoms with Gasteiger partial charge in [0.15, 0.2) is 11.5 Å². The number of aromatic amines is 1. The molecule has 0 spiro atoms. The van der Waals surface area contributed by atoms with Crippen molar-refractivity contribution < 1.29 is 14.6 Å². The zero-order chi connectivity index (χ0) is 22.4. The van der Waals surface area contributed by atoms with Crippen LogP contribution in [-0.2, 0) is 17.9 Å². The Labute approximate surface area is 179 Å². The number of nitrogen functional groups attached to an aromatic ring is 1. The van der Waals surface area contributed by atoms with E-state index in [1.165, 1.54) is 4.57 Å². The summed E-state index contributed by atoms with van der Waals surface area (Å²) in [7, 11) is 0. The van der Waals surface area contributed by atoms with Gasteiger partial charge in [0.2, 0.25) is 0 Å². The van der Waals surface area contributed by atoms with Gasteiger partial charge in [-0.2, -0.15) is 9.97 Å². The molecule has 1 atom stereocenters. The molecule has 3 aromatic rings. The lowest BCUT2D eigenvalue weighted by atomic mass is 9.99. The Kier molecular flexibility index (Phi) is 7.24. The van der Waals surface area contributed by atoms with Crippen LogP contribution in [0.5, 0.6) is 6.01 Å². The van der Waals surface area contributed by atoms with Crippen LogP contribution in [0, 0.1) is 0 Å². The number of nitrogens with one attached hydrogen (secondary N) is 2. The molecule has 2 aromatic heterocycles. The van der Waals surface area contributed by atoms with Crippen molar-refractivity contribution >= 4 is 23.0 Å². The molecule has 3 rings (SSSR count). The van der Waals surface area contributed by atoms with Crippen LogP contribution in [-0.4, -0.2) is 43.7 Å². The van der Waals surface area contributed by atoms with E-state index in [1.807, 2.05) is 18.2 Å². The summed E-state index contributed by atoms with van der Waals surface area (Å²) >= 11 is 0. The van der Waals surface area contributed by atoms with Gasteiger partial charge in [0.1, 0.15) is 5.52 Å². The Morgan fingerprint density at radius 3 is 2.94 bits per heavy atom. The first-order chi connectivity index (χ1) is 14.9. The Bertz CT molecular complexity index is 1110. The second-order valence-electron chi connectivity index (χ2n) is 7.36. The number of aromatic nitrogens is 4. The van der Waals surface area contributed by atoms with E-state index in [-0.39, 0.29) is 17.5 Å². The summed E-state index contributed by atoms with van der Waals surface area (Å²) in [6.45, 7) is 5.61. The van der Waals surface area contributed by atoms with E-state index < -0.39 is 11.9 Å². The number of carboxylic acids is 1. The number of unbranched alkanes of at least 4 members (excludes halogenated alkanes) is 1. The number of hydrogen-bond donors (Lipinski definition) is 4. The van der Waals surface area contributed by atoms with Gasteiger partial charge >= 0.3 is 17.7 Å². The van der Waals surface area contributed by atoms with Crippen LogP contribution in [0.2, 0.25) is 0 Å². The van der Waals surface area contributed by atoms with Crippen LogP contribution in [0.1, 0.15) is 43.7 Å². The summed E-state index contributed by atoms with van der Waals surface area (Å²) in [4.78, 5) is 34.7. The van der Waals surface area contributed by atoms with Crippen molar-refractivity contribution in [2.24, 2.45) is 0 Å². The van der Waals surface area contributed by atoms with E-state index in [0.717, 1.165) is 24.0 Å². The molecule has 0 bridgehead atoms. The second-order valence-corrected chi connectivity index (χ2v) is 7.36. The summed E-state index contributed by atoms with van der Waals surface area (Å²) in [6, 6.07) is 7.60. The third kappa shape index (κ3) is 5.40. The molecule has 31 heavy (non-hydrogen) atoms. The van der Waals surface area contributed by atoms with Crippen LogP contribution < -0.4 is 21.5 Å². The predicted octanol–water partition coefficient (Wildman–Crippen LogP) is 1.86. The molecule has 10 heteroatoms. The Morgan fingerprint density at radius 1 is 1.39 bits per heavy atom. The first kappa shape index (κ1) is 22.3. The minimum Gasteiger partial charge on any atom is -0.481 e. The molecule has 0 aliphatic rings. The fourth-order valence-electron chi connectivity index (χ4n) is 3.15. The largest absolute Gasteiger partial charge is 0.481 e. The van der Waals surface area contributed by atoms with E-state index in [0.29, 0.717) is 37.4 Å². The first-order valence-corrected chi connectivity index (χ1v) is 10.3. The number of imidazole rings is 1. The lowest BCUT2D eigenvalue weighted by Crippen LogP contribution is -2.25. The summed E-state index contributed by atoms with van der Waals surface area (Å²) in [5.74, 6) is -1.25. The first-order valence-electron chi connectivity index (χ1n) is 10.3. The van der Waals surface area contributed by atoms with E-state index in [1.54, 1.807) is 13.0 Å². The highest BCUT2D eigenvalue weighted by molar-refractivity contribution is 5.81. The van der Waals surface area contributed by atoms with Crippen molar-refractivity contribution in [2.75, 3.05) is 18.9 Å². The Morgan fingerprint density at radius 2 is 2.19 bits per heavy atom. The number of ether oxygens (including phenoxy) is 1. The van der Waals surface area contributed by atoms with Crippen molar-refractivity contribution in [2.45, 2.75) is 45.7 Å². The van der Waals surface area contributed by atoms with Crippen LogP contribution in [0.3, 0.4) is 0 Å². The molecule has 0 fully saturated rings. The number of benzene rings is 1. The molecular weight excluding hydrogens is 400 g/mol. The minimum absolute atomic E-state index is 0.156. The number of carbonyl (C=O) groups is 1. The van der Waals surface area contributed by atoms with E-state index in [4.69, 9.17) is 10.5 Å². The van der Waals surface area contributed by atoms with E-state index >= 15 is 0 Å². The van der Waals surface area contributed by atoms with Gasteiger partial charge in [0.05, 0.1) is 12.5 Å². The quantitative estimate of drug-likeness (QED) is 0.338. The van der Waals surface area contributed by atoms with E-state index in [9.17, 15) is 14.7 Å². The summed E-state index contributed by atoms with van der Waals surface area (Å²) in [6.07, 6.45) is 1.86. The van der Waals surface area contributed by atoms with Crippen molar-refractivity contribution in [3.05, 3.63) is 45.9 Å². The maximum absolute atomic E-state index is 12.4. The number of rotatable bonds is 11. The number of nitrogens with two attached hydrogens (primary N) is 1. The van der Waals surface area contributed by atoms with Gasteiger partial charge in [0, 0.05) is 19.6 Å². The molecule has 0 saturated heterocycles. The summed E-state index contributed by atoms with van der Waals surface area (Å²) in [5, 5.41) is 12.5. The van der Waals surface area contributed by atoms with Gasteiger partial charge in [-0.25, -0.2) is 4.79 Å². The minimum atomic E-state index is -0.858. The highest BCUT2D eigenvalue weighted by atomic mass is 16.5. The Hall–Kier alpha value is -3.40.